The van der Waals surface area contributed by atoms with Gasteiger partial charge in [-0.3, -0.25) is 5.41 Å². The zero-order chi connectivity index (χ0) is 15.4. The Hall–Kier alpha value is -1.98. The lowest BCUT2D eigenvalue weighted by Crippen LogP contribution is -2.21. The quantitative estimate of drug-likeness (QED) is 0.664. The molecule has 3 nitrogen and oxygen atoms in total. The van der Waals surface area contributed by atoms with Crippen LogP contribution in [0.1, 0.15) is 18.1 Å². The molecule has 0 aliphatic rings. The van der Waals surface area contributed by atoms with Crippen molar-refractivity contribution >= 4 is 5.71 Å². The number of ether oxygens (including phenoxy) is 1. The molecule has 6 heteroatoms. The molecular formula is C14H17F3N2O. The van der Waals surface area contributed by atoms with E-state index in [0.29, 0.717) is 11.1 Å². The van der Waals surface area contributed by atoms with Crippen LogP contribution in [-0.2, 0) is 4.74 Å². The number of allylic oxidation sites excluding steroid dienone is 1. The average Bonchev–Trinajstić information content (AvgIpc) is 2.37. The van der Waals surface area contributed by atoms with E-state index in [1.54, 1.807) is 21.0 Å². The van der Waals surface area contributed by atoms with Crippen molar-refractivity contribution in [1.82, 2.24) is 4.90 Å². The van der Waals surface area contributed by atoms with Crippen molar-refractivity contribution in [2.24, 2.45) is 0 Å². The van der Waals surface area contributed by atoms with Gasteiger partial charge in [0.05, 0.1) is 5.71 Å². The summed E-state index contributed by atoms with van der Waals surface area (Å²) < 4.78 is 42.4. The van der Waals surface area contributed by atoms with Crippen molar-refractivity contribution in [2.75, 3.05) is 14.1 Å². The second-order valence-electron chi connectivity index (χ2n) is 4.54. The fourth-order valence-corrected chi connectivity index (χ4v) is 1.74. The van der Waals surface area contributed by atoms with Crippen molar-refractivity contribution in [1.29, 1.82) is 5.41 Å². The second-order valence-corrected chi connectivity index (χ2v) is 4.54. The van der Waals surface area contributed by atoms with Gasteiger partial charge in [0.2, 0.25) is 0 Å². The summed E-state index contributed by atoms with van der Waals surface area (Å²) in [5.41, 5.74) is 1.10. The standard InChI is InChI=1S/C14H17F3N2O/c1-8-7-10(5-6-11(8)15)12(18)9(2)13(19(3)4)20-14(16)17/h5-7,14,18H,1-4H3/b13-9+,18-12?. The van der Waals surface area contributed by atoms with Crippen LogP contribution >= 0.6 is 0 Å². The van der Waals surface area contributed by atoms with Crippen LogP contribution < -0.4 is 0 Å². The Morgan fingerprint density at radius 3 is 2.35 bits per heavy atom. The first-order chi connectivity index (χ1) is 9.23. The topological polar surface area (TPSA) is 36.3 Å². The highest BCUT2D eigenvalue weighted by Crippen LogP contribution is 2.19. The number of alkyl halides is 2. The first-order valence-corrected chi connectivity index (χ1v) is 5.92. The monoisotopic (exact) mass is 286 g/mol. The second kappa shape index (κ2) is 6.45. The number of benzene rings is 1. The summed E-state index contributed by atoms with van der Waals surface area (Å²) in [7, 11) is 3.09. The molecule has 0 radical (unpaired) electrons. The Morgan fingerprint density at radius 2 is 1.90 bits per heavy atom. The minimum atomic E-state index is -2.97. The molecule has 110 valence electrons. The zero-order valence-corrected chi connectivity index (χ0v) is 11.8. The molecule has 0 aromatic heterocycles. The van der Waals surface area contributed by atoms with Crippen LogP contribution in [0.25, 0.3) is 0 Å². The molecule has 0 heterocycles. The number of hydrogen-bond donors (Lipinski definition) is 1. The van der Waals surface area contributed by atoms with Crippen molar-refractivity contribution in [3.63, 3.8) is 0 Å². The Balaban J connectivity index is 3.18. The van der Waals surface area contributed by atoms with Gasteiger partial charge in [-0.1, -0.05) is 0 Å². The third-order valence-electron chi connectivity index (χ3n) is 2.75. The van der Waals surface area contributed by atoms with Crippen LogP contribution in [0.5, 0.6) is 0 Å². The molecule has 0 aliphatic heterocycles. The van der Waals surface area contributed by atoms with Gasteiger partial charge in [-0.25, -0.2) is 4.39 Å². The van der Waals surface area contributed by atoms with Gasteiger partial charge in [-0.2, -0.15) is 8.78 Å². The summed E-state index contributed by atoms with van der Waals surface area (Å²) in [6, 6.07) is 4.18. The van der Waals surface area contributed by atoms with Crippen LogP contribution in [0.3, 0.4) is 0 Å². The average molecular weight is 286 g/mol. The summed E-state index contributed by atoms with van der Waals surface area (Å²) in [5, 5.41) is 8.04. The molecular weight excluding hydrogens is 269 g/mol. The molecule has 1 N–H and O–H groups in total. The number of aryl methyl sites for hydroxylation is 1. The normalized spacial score (nSPS) is 12.2. The Bertz CT molecular complexity index is 539. The van der Waals surface area contributed by atoms with E-state index in [2.05, 4.69) is 4.74 Å². The molecule has 0 unspecified atom stereocenters. The maximum atomic E-state index is 13.2. The van der Waals surface area contributed by atoms with Crippen LogP contribution in [0.4, 0.5) is 13.2 Å². The number of nitrogens with zero attached hydrogens (tertiary/aromatic N) is 1. The highest BCUT2D eigenvalue weighted by atomic mass is 19.3. The molecule has 0 aliphatic carbocycles. The van der Waals surface area contributed by atoms with E-state index in [4.69, 9.17) is 5.41 Å². The Labute approximate surface area is 116 Å². The molecule has 20 heavy (non-hydrogen) atoms. The van der Waals surface area contributed by atoms with E-state index in [0.717, 1.165) is 0 Å². The molecule has 1 aromatic carbocycles. The van der Waals surface area contributed by atoms with Gasteiger partial charge in [0.25, 0.3) is 0 Å². The lowest BCUT2D eigenvalue weighted by atomic mass is 10.0. The number of nitrogens with one attached hydrogen (secondary N) is 1. The number of hydrogen-bond acceptors (Lipinski definition) is 3. The molecule has 0 saturated carbocycles. The van der Waals surface area contributed by atoms with E-state index in [-0.39, 0.29) is 23.0 Å². The summed E-state index contributed by atoms with van der Waals surface area (Å²) >= 11 is 0. The molecule has 0 fully saturated rings. The molecule has 0 spiro atoms. The van der Waals surface area contributed by atoms with Gasteiger partial charge in [-0.05, 0) is 37.6 Å². The lowest BCUT2D eigenvalue weighted by Gasteiger charge is -2.20. The molecule has 0 bridgehead atoms. The minimum absolute atomic E-state index is 0.0115. The van der Waals surface area contributed by atoms with Gasteiger partial charge in [0, 0.05) is 25.2 Å². The largest absolute Gasteiger partial charge is 0.419 e. The van der Waals surface area contributed by atoms with E-state index in [1.807, 2.05) is 0 Å². The first kappa shape index (κ1) is 16.1. The minimum Gasteiger partial charge on any atom is -0.419 e. The third-order valence-corrected chi connectivity index (χ3v) is 2.75. The van der Waals surface area contributed by atoms with Crippen LogP contribution in [-0.4, -0.2) is 31.3 Å². The highest BCUT2D eigenvalue weighted by molar-refractivity contribution is 6.10. The summed E-state index contributed by atoms with van der Waals surface area (Å²) in [6.07, 6.45) is 0. The van der Waals surface area contributed by atoms with Gasteiger partial charge in [-0.15, -0.1) is 0 Å². The van der Waals surface area contributed by atoms with Gasteiger partial charge in [0.1, 0.15) is 5.82 Å². The Kier molecular flexibility index (Phi) is 5.19. The van der Waals surface area contributed by atoms with Crippen molar-refractivity contribution in [3.05, 3.63) is 46.6 Å². The predicted molar refractivity (Wildman–Crippen MR) is 71.4 cm³/mol. The van der Waals surface area contributed by atoms with Crippen molar-refractivity contribution in [3.8, 4) is 0 Å². The van der Waals surface area contributed by atoms with Gasteiger partial charge < -0.3 is 9.64 Å². The molecule has 0 amide bonds. The summed E-state index contributed by atoms with van der Waals surface area (Å²) in [4.78, 5) is 1.37. The zero-order valence-electron chi connectivity index (χ0n) is 11.8. The highest BCUT2D eigenvalue weighted by Gasteiger charge is 2.17. The van der Waals surface area contributed by atoms with Crippen LogP contribution in [0.15, 0.2) is 29.7 Å². The SMILES string of the molecule is C/C(C(=N)c1ccc(F)c(C)c1)=C(\OC(F)F)N(C)C. The molecule has 0 atom stereocenters. The maximum absolute atomic E-state index is 13.2. The van der Waals surface area contributed by atoms with Crippen molar-refractivity contribution in [2.45, 2.75) is 20.5 Å². The predicted octanol–water partition coefficient (Wildman–Crippen LogP) is 3.53. The molecule has 1 aromatic rings. The summed E-state index contributed by atoms with van der Waals surface area (Å²) in [5.74, 6) is -0.466. The van der Waals surface area contributed by atoms with Crippen LogP contribution in [0, 0.1) is 18.2 Å². The third kappa shape index (κ3) is 3.76. The van der Waals surface area contributed by atoms with Crippen molar-refractivity contribution < 1.29 is 17.9 Å². The lowest BCUT2D eigenvalue weighted by molar-refractivity contribution is -0.114. The van der Waals surface area contributed by atoms with E-state index in [1.165, 1.54) is 30.0 Å². The van der Waals surface area contributed by atoms with Crippen LogP contribution in [0.2, 0.25) is 0 Å². The smallest absolute Gasteiger partial charge is 0.388 e. The fraction of sp³-hybridized carbons (Fsp3) is 0.357. The maximum Gasteiger partial charge on any atom is 0.388 e. The van der Waals surface area contributed by atoms with Gasteiger partial charge in [0.15, 0.2) is 5.88 Å². The fourth-order valence-electron chi connectivity index (χ4n) is 1.74. The Morgan fingerprint density at radius 1 is 1.30 bits per heavy atom. The van der Waals surface area contributed by atoms with E-state index >= 15 is 0 Å². The number of halogens is 3. The number of rotatable bonds is 5. The first-order valence-electron chi connectivity index (χ1n) is 5.92. The van der Waals surface area contributed by atoms with E-state index in [9.17, 15) is 13.2 Å². The molecule has 1 rings (SSSR count). The summed E-state index contributed by atoms with van der Waals surface area (Å²) in [6.45, 7) is 0.122. The molecule has 0 saturated heterocycles. The van der Waals surface area contributed by atoms with Gasteiger partial charge >= 0.3 is 6.61 Å². The van der Waals surface area contributed by atoms with E-state index < -0.39 is 6.61 Å².